The van der Waals surface area contributed by atoms with E-state index in [0.717, 1.165) is 17.7 Å². The van der Waals surface area contributed by atoms with Crippen molar-refractivity contribution >= 4 is 30.3 Å². The second kappa shape index (κ2) is 7.99. The minimum absolute atomic E-state index is 0. The van der Waals surface area contributed by atoms with Crippen LogP contribution < -0.4 is 5.73 Å². The molecule has 1 aromatic carbocycles. The minimum atomic E-state index is -0.583. The van der Waals surface area contributed by atoms with Crippen molar-refractivity contribution in [1.82, 2.24) is 24.4 Å². The zero-order valence-corrected chi connectivity index (χ0v) is 15.8. The molecule has 0 aliphatic heterocycles. The van der Waals surface area contributed by atoms with Crippen LogP contribution in [0.5, 0.6) is 0 Å². The van der Waals surface area contributed by atoms with Crippen molar-refractivity contribution < 1.29 is 8.78 Å². The van der Waals surface area contributed by atoms with E-state index >= 15 is 0 Å². The molecule has 0 unspecified atom stereocenters. The van der Waals surface area contributed by atoms with Crippen LogP contribution in [-0.4, -0.2) is 24.4 Å². The molecule has 27 heavy (non-hydrogen) atoms. The Morgan fingerprint density at radius 3 is 2.52 bits per heavy atom. The Hall–Kier alpha value is -2.55. The molecule has 0 saturated heterocycles. The molecule has 0 atom stereocenters. The molecule has 3 aromatic heterocycles. The van der Waals surface area contributed by atoms with Crippen molar-refractivity contribution in [2.45, 2.75) is 6.54 Å². The van der Waals surface area contributed by atoms with Crippen LogP contribution in [0.15, 0.2) is 43.0 Å². The summed E-state index contributed by atoms with van der Waals surface area (Å²) in [4.78, 5) is 4.53. The Morgan fingerprint density at radius 2 is 1.85 bits per heavy atom. The normalized spacial score (nSPS) is 10.5. The summed E-state index contributed by atoms with van der Waals surface area (Å²) >= 11 is 0. The lowest BCUT2D eigenvalue weighted by molar-refractivity contribution is 0.588. The van der Waals surface area contributed by atoms with Gasteiger partial charge in [0.1, 0.15) is 11.6 Å². The number of halogens is 4. The zero-order valence-electron chi connectivity index (χ0n) is 14.1. The summed E-state index contributed by atoms with van der Waals surface area (Å²) in [5, 5.41) is 8.31. The van der Waals surface area contributed by atoms with Gasteiger partial charge in [0.2, 0.25) is 0 Å². The van der Waals surface area contributed by atoms with Crippen LogP contribution in [0.3, 0.4) is 0 Å². The topological polar surface area (TPSA) is 74.0 Å². The third kappa shape index (κ3) is 3.64. The van der Waals surface area contributed by atoms with E-state index in [2.05, 4.69) is 15.2 Å². The van der Waals surface area contributed by atoms with E-state index in [1.54, 1.807) is 47.1 Å². The van der Waals surface area contributed by atoms with E-state index in [1.807, 2.05) is 0 Å². The number of nitrogens with two attached hydrogens (primary N) is 1. The second-order valence-corrected chi connectivity index (χ2v) is 5.67. The van der Waals surface area contributed by atoms with Gasteiger partial charge in [0.25, 0.3) is 0 Å². The van der Waals surface area contributed by atoms with Crippen LogP contribution >= 0.6 is 24.8 Å². The number of rotatable bonds is 3. The first-order chi connectivity index (χ1) is 12.1. The predicted molar refractivity (Wildman–Crippen MR) is 103 cm³/mol. The van der Waals surface area contributed by atoms with Crippen LogP contribution in [0.4, 0.5) is 8.78 Å². The summed E-state index contributed by atoms with van der Waals surface area (Å²) < 4.78 is 31.9. The van der Waals surface area contributed by atoms with Gasteiger partial charge in [-0.2, -0.15) is 10.2 Å². The summed E-state index contributed by atoms with van der Waals surface area (Å²) in [5.41, 5.74) is 7.81. The molecule has 0 radical (unpaired) electrons. The van der Waals surface area contributed by atoms with E-state index in [1.165, 1.54) is 0 Å². The van der Waals surface area contributed by atoms with Gasteiger partial charge in [-0.1, -0.05) is 0 Å². The third-order valence-corrected chi connectivity index (χ3v) is 4.00. The van der Waals surface area contributed by atoms with Crippen LogP contribution in [0.2, 0.25) is 0 Å². The summed E-state index contributed by atoms with van der Waals surface area (Å²) in [5.74, 6) is -1.15. The van der Waals surface area contributed by atoms with Gasteiger partial charge in [-0.15, -0.1) is 24.8 Å². The molecule has 4 aromatic rings. The molecule has 0 spiro atoms. The molecule has 0 amide bonds. The van der Waals surface area contributed by atoms with Gasteiger partial charge in [0, 0.05) is 36.5 Å². The average Bonchev–Trinajstić information content (AvgIpc) is 3.24. The van der Waals surface area contributed by atoms with Crippen LogP contribution in [-0.2, 0) is 13.6 Å². The lowest BCUT2D eigenvalue weighted by Gasteiger charge is -2.10. The van der Waals surface area contributed by atoms with Crippen molar-refractivity contribution in [2.75, 3.05) is 0 Å². The Kier molecular flexibility index (Phi) is 6.15. The van der Waals surface area contributed by atoms with Crippen molar-refractivity contribution in [2.24, 2.45) is 12.8 Å². The number of nitrogens with zero attached hydrogens (tertiary/aromatic N) is 5. The van der Waals surface area contributed by atoms with Crippen molar-refractivity contribution in [1.29, 1.82) is 0 Å². The van der Waals surface area contributed by atoms with Gasteiger partial charge in [-0.3, -0.25) is 4.68 Å². The summed E-state index contributed by atoms with van der Waals surface area (Å²) in [6.45, 7) is -0.0751. The molecule has 4 rings (SSSR count). The molecule has 0 aliphatic carbocycles. The maximum absolute atomic E-state index is 14.6. The smallest absolute Gasteiger partial charge is 0.133 e. The molecule has 142 valence electrons. The Bertz CT molecular complexity index is 1090. The fourth-order valence-corrected chi connectivity index (χ4v) is 2.74. The molecule has 10 heteroatoms. The van der Waals surface area contributed by atoms with Gasteiger partial charge >= 0.3 is 0 Å². The zero-order chi connectivity index (χ0) is 17.6. The summed E-state index contributed by atoms with van der Waals surface area (Å²) in [6, 6.07) is 3.93. The number of benzene rings is 1. The molecular weight excluding hydrogens is 397 g/mol. The summed E-state index contributed by atoms with van der Waals surface area (Å²) in [7, 11) is 1.79. The van der Waals surface area contributed by atoms with Crippen LogP contribution in [0, 0.1) is 11.6 Å². The number of hydrogen-bond donors (Lipinski definition) is 1. The maximum atomic E-state index is 14.6. The van der Waals surface area contributed by atoms with E-state index < -0.39 is 11.6 Å². The van der Waals surface area contributed by atoms with Gasteiger partial charge in [-0.05, 0) is 18.2 Å². The highest BCUT2D eigenvalue weighted by Gasteiger charge is 2.17. The quantitative estimate of drug-likeness (QED) is 0.559. The largest absolute Gasteiger partial charge is 0.326 e. The predicted octanol–water partition coefficient (Wildman–Crippen LogP) is 3.38. The first-order valence-electron chi connectivity index (χ1n) is 7.58. The number of aromatic nitrogens is 5. The van der Waals surface area contributed by atoms with E-state index in [9.17, 15) is 8.78 Å². The summed E-state index contributed by atoms with van der Waals surface area (Å²) in [6.07, 6.45) is 6.74. The van der Waals surface area contributed by atoms with Gasteiger partial charge in [0.15, 0.2) is 0 Å². The first kappa shape index (κ1) is 20.8. The average molecular weight is 413 g/mol. The lowest BCUT2D eigenvalue weighted by Crippen LogP contribution is -2.03. The molecule has 0 fully saturated rings. The third-order valence-electron chi connectivity index (χ3n) is 4.00. The van der Waals surface area contributed by atoms with Crippen molar-refractivity contribution in [3.8, 4) is 22.5 Å². The molecule has 3 heterocycles. The molecule has 0 aliphatic rings. The van der Waals surface area contributed by atoms with Crippen LogP contribution in [0.1, 0.15) is 5.56 Å². The Balaban J connectivity index is 0.00000131. The highest BCUT2D eigenvalue weighted by atomic mass is 35.5. The van der Waals surface area contributed by atoms with Gasteiger partial charge in [0.05, 0.1) is 35.5 Å². The first-order valence-corrected chi connectivity index (χ1v) is 7.58. The maximum Gasteiger partial charge on any atom is 0.133 e. The number of hydrogen-bond acceptors (Lipinski definition) is 4. The highest BCUT2D eigenvalue weighted by molar-refractivity contribution is 5.85. The van der Waals surface area contributed by atoms with E-state index in [-0.39, 0.29) is 42.5 Å². The Morgan fingerprint density at radius 1 is 1.07 bits per heavy atom. The standard InChI is InChI=1S/C17H14F2N6.2ClH/c1-24-8-11(7-22-24)15-9-25-16(2-3-21-25)17(23-15)12-5-13(18)10(6-20)4-14(12)19;;/h2-5,7-9H,6,20H2,1H3;2*1H. The minimum Gasteiger partial charge on any atom is -0.326 e. The fraction of sp³-hybridized carbons (Fsp3) is 0.118. The molecule has 6 nitrogen and oxygen atoms in total. The van der Waals surface area contributed by atoms with Crippen molar-refractivity contribution in [3.05, 3.63) is 60.2 Å². The van der Waals surface area contributed by atoms with Gasteiger partial charge in [-0.25, -0.2) is 18.3 Å². The van der Waals surface area contributed by atoms with E-state index in [4.69, 9.17) is 5.73 Å². The van der Waals surface area contributed by atoms with Crippen LogP contribution in [0.25, 0.3) is 28.0 Å². The van der Waals surface area contributed by atoms with Crippen molar-refractivity contribution in [3.63, 3.8) is 0 Å². The molecule has 2 N–H and O–H groups in total. The van der Waals surface area contributed by atoms with E-state index in [0.29, 0.717) is 16.9 Å². The van der Waals surface area contributed by atoms with Gasteiger partial charge < -0.3 is 5.73 Å². The highest BCUT2D eigenvalue weighted by Crippen LogP contribution is 2.30. The molecule has 0 bridgehead atoms. The number of aryl methyl sites for hydroxylation is 1. The molecule has 0 saturated carbocycles. The monoisotopic (exact) mass is 412 g/mol. The Labute approximate surface area is 165 Å². The second-order valence-electron chi connectivity index (χ2n) is 5.67. The number of fused-ring (bicyclic) bond motifs is 1. The SMILES string of the molecule is Cl.Cl.Cn1cc(-c2cn3nccc3c(-c3cc(F)c(CN)cc3F)n2)cn1. The molecular formula is C17H16Cl2F2N6. The lowest BCUT2D eigenvalue weighted by atomic mass is 10.1. The fourth-order valence-electron chi connectivity index (χ4n) is 2.74.